The van der Waals surface area contributed by atoms with Gasteiger partial charge in [-0.3, -0.25) is 0 Å². The lowest BCUT2D eigenvalue weighted by molar-refractivity contribution is 0.212. The molecule has 0 aliphatic rings. The summed E-state index contributed by atoms with van der Waals surface area (Å²) in [5, 5.41) is 18.0. The second-order valence-corrected chi connectivity index (χ2v) is 3.16. The Morgan fingerprint density at radius 2 is 1.83 bits per heavy atom. The first-order valence-electron chi connectivity index (χ1n) is 4.17. The van der Waals surface area contributed by atoms with Gasteiger partial charge in [-0.05, 0) is 32.8 Å². The maximum Gasteiger partial charge on any atom is 0.0782 e. The average molecular weight is 170 g/mol. The monoisotopic (exact) mass is 170 g/mol. The van der Waals surface area contributed by atoms with Crippen LogP contribution < -0.4 is 0 Å². The summed E-state index contributed by atoms with van der Waals surface area (Å²) in [7, 11) is 0. The molecule has 2 N–H and O–H groups in total. The van der Waals surface area contributed by atoms with Gasteiger partial charge in [-0.15, -0.1) is 0 Å². The van der Waals surface area contributed by atoms with E-state index >= 15 is 0 Å². The van der Waals surface area contributed by atoms with E-state index in [0.29, 0.717) is 6.42 Å². The normalized spacial score (nSPS) is 14.2. The minimum Gasteiger partial charge on any atom is -0.392 e. The zero-order chi connectivity index (χ0) is 9.56. The molecule has 12 heavy (non-hydrogen) atoms. The SMILES string of the molecule is CC(C)=CC[C@@H](O)C(C)=CCO. The summed E-state index contributed by atoms with van der Waals surface area (Å²) >= 11 is 0. The van der Waals surface area contributed by atoms with Gasteiger partial charge in [0.2, 0.25) is 0 Å². The first kappa shape index (κ1) is 11.4. The van der Waals surface area contributed by atoms with E-state index in [1.807, 2.05) is 26.8 Å². The maximum absolute atomic E-state index is 9.47. The van der Waals surface area contributed by atoms with Gasteiger partial charge in [0.05, 0.1) is 12.7 Å². The summed E-state index contributed by atoms with van der Waals surface area (Å²) in [6, 6.07) is 0. The molecule has 0 amide bonds. The molecule has 0 saturated carbocycles. The van der Waals surface area contributed by atoms with Crippen LogP contribution in [0.1, 0.15) is 27.2 Å². The molecule has 0 aromatic heterocycles. The average Bonchev–Trinajstić information content (AvgIpc) is 2.00. The molecule has 0 radical (unpaired) electrons. The van der Waals surface area contributed by atoms with E-state index in [0.717, 1.165) is 5.57 Å². The van der Waals surface area contributed by atoms with Gasteiger partial charge in [0, 0.05) is 0 Å². The van der Waals surface area contributed by atoms with Crippen molar-refractivity contribution in [1.82, 2.24) is 0 Å². The molecule has 0 aromatic rings. The van der Waals surface area contributed by atoms with E-state index in [1.165, 1.54) is 5.57 Å². The van der Waals surface area contributed by atoms with Crippen molar-refractivity contribution in [3.63, 3.8) is 0 Å². The van der Waals surface area contributed by atoms with Crippen molar-refractivity contribution < 1.29 is 10.2 Å². The molecule has 2 nitrogen and oxygen atoms in total. The highest BCUT2D eigenvalue weighted by Crippen LogP contribution is 2.07. The minimum absolute atomic E-state index is 0.00227. The van der Waals surface area contributed by atoms with Gasteiger partial charge in [0.15, 0.2) is 0 Å². The molecule has 0 aliphatic carbocycles. The van der Waals surface area contributed by atoms with Crippen LogP contribution in [-0.4, -0.2) is 22.9 Å². The number of hydrogen-bond acceptors (Lipinski definition) is 2. The van der Waals surface area contributed by atoms with E-state index in [1.54, 1.807) is 6.08 Å². The number of allylic oxidation sites excluding steroid dienone is 1. The molecule has 0 heterocycles. The number of aliphatic hydroxyl groups excluding tert-OH is 2. The first-order valence-corrected chi connectivity index (χ1v) is 4.17. The maximum atomic E-state index is 9.47. The predicted octanol–water partition coefficient (Wildman–Crippen LogP) is 1.64. The van der Waals surface area contributed by atoms with Crippen LogP contribution in [0.5, 0.6) is 0 Å². The van der Waals surface area contributed by atoms with Crippen LogP contribution in [0, 0.1) is 0 Å². The number of hydrogen-bond donors (Lipinski definition) is 2. The quantitative estimate of drug-likeness (QED) is 0.630. The fourth-order valence-corrected chi connectivity index (χ4v) is 0.813. The number of aliphatic hydroxyl groups is 2. The molecule has 70 valence electrons. The van der Waals surface area contributed by atoms with Gasteiger partial charge in [-0.25, -0.2) is 0 Å². The smallest absolute Gasteiger partial charge is 0.0782 e. The summed E-state index contributed by atoms with van der Waals surface area (Å²) in [5.41, 5.74) is 2.03. The summed E-state index contributed by atoms with van der Waals surface area (Å²) in [6.07, 6.45) is 3.79. The lowest BCUT2D eigenvalue weighted by Gasteiger charge is -2.08. The molecule has 0 rings (SSSR count). The molecule has 2 heteroatoms. The Bertz CT molecular complexity index is 176. The van der Waals surface area contributed by atoms with Crippen LogP contribution >= 0.6 is 0 Å². The third-order valence-corrected chi connectivity index (χ3v) is 1.69. The van der Waals surface area contributed by atoms with Gasteiger partial charge in [-0.1, -0.05) is 17.7 Å². The first-order chi connectivity index (χ1) is 5.57. The van der Waals surface area contributed by atoms with Gasteiger partial charge in [-0.2, -0.15) is 0 Å². The lowest BCUT2D eigenvalue weighted by Crippen LogP contribution is -2.07. The Labute approximate surface area is 74.2 Å². The van der Waals surface area contributed by atoms with Gasteiger partial charge >= 0.3 is 0 Å². The zero-order valence-corrected chi connectivity index (χ0v) is 8.04. The van der Waals surface area contributed by atoms with Gasteiger partial charge < -0.3 is 10.2 Å². The molecular weight excluding hydrogens is 152 g/mol. The molecule has 0 fully saturated rings. The van der Waals surface area contributed by atoms with Crippen molar-refractivity contribution in [2.24, 2.45) is 0 Å². The van der Waals surface area contributed by atoms with Crippen LogP contribution in [0.25, 0.3) is 0 Å². The topological polar surface area (TPSA) is 40.5 Å². The van der Waals surface area contributed by atoms with E-state index in [9.17, 15) is 5.11 Å². The lowest BCUT2D eigenvalue weighted by atomic mass is 10.1. The Balaban J connectivity index is 3.95. The summed E-state index contributed by atoms with van der Waals surface area (Å²) < 4.78 is 0. The standard InChI is InChI=1S/C10H18O2/c1-8(2)4-5-10(12)9(3)6-7-11/h4,6,10-12H,5,7H2,1-3H3/t10-/m1/s1. The van der Waals surface area contributed by atoms with Crippen LogP contribution in [0.15, 0.2) is 23.3 Å². The number of rotatable bonds is 4. The van der Waals surface area contributed by atoms with Crippen molar-refractivity contribution in [3.05, 3.63) is 23.3 Å². The summed E-state index contributed by atoms with van der Waals surface area (Å²) in [6.45, 7) is 5.81. The van der Waals surface area contributed by atoms with Crippen LogP contribution in [0.2, 0.25) is 0 Å². The van der Waals surface area contributed by atoms with E-state index in [4.69, 9.17) is 5.11 Å². The third kappa shape index (κ3) is 5.10. The van der Waals surface area contributed by atoms with Crippen molar-refractivity contribution in [3.8, 4) is 0 Å². The summed E-state index contributed by atoms with van der Waals surface area (Å²) in [4.78, 5) is 0. The highest BCUT2D eigenvalue weighted by molar-refractivity contribution is 5.08. The highest BCUT2D eigenvalue weighted by Gasteiger charge is 2.02. The van der Waals surface area contributed by atoms with E-state index in [2.05, 4.69) is 0 Å². The molecule has 0 bridgehead atoms. The molecule has 0 saturated heterocycles. The van der Waals surface area contributed by atoms with Crippen molar-refractivity contribution in [2.75, 3.05) is 6.61 Å². The van der Waals surface area contributed by atoms with Crippen LogP contribution in [0.3, 0.4) is 0 Å². The molecule has 0 aliphatic heterocycles. The molecule has 0 unspecified atom stereocenters. The van der Waals surface area contributed by atoms with Gasteiger partial charge in [0.1, 0.15) is 0 Å². The van der Waals surface area contributed by atoms with Crippen molar-refractivity contribution in [1.29, 1.82) is 0 Å². The fraction of sp³-hybridized carbons (Fsp3) is 0.600. The van der Waals surface area contributed by atoms with Crippen molar-refractivity contribution in [2.45, 2.75) is 33.3 Å². The Kier molecular flexibility index (Phi) is 5.68. The molecule has 0 aromatic carbocycles. The zero-order valence-electron chi connectivity index (χ0n) is 8.04. The van der Waals surface area contributed by atoms with E-state index in [-0.39, 0.29) is 6.61 Å². The molecule has 1 atom stereocenters. The molecular formula is C10H18O2. The fourth-order valence-electron chi connectivity index (χ4n) is 0.813. The Morgan fingerprint density at radius 1 is 1.25 bits per heavy atom. The highest BCUT2D eigenvalue weighted by atomic mass is 16.3. The van der Waals surface area contributed by atoms with Crippen LogP contribution in [-0.2, 0) is 0 Å². The Morgan fingerprint density at radius 3 is 2.25 bits per heavy atom. The van der Waals surface area contributed by atoms with Crippen LogP contribution in [0.4, 0.5) is 0 Å². The third-order valence-electron chi connectivity index (χ3n) is 1.69. The largest absolute Gasteiger partial charge is 0.392 e. The van der Waals surface area contributed by atoms with E-state index < -0.39 is 6.10 Å². The molecule has 0 spiro atoms. The minimum atomic E-state index is -0.452. The second-order valence-electron chi connectivity index (χ2n) is 3.16. The predicted molar refractivity (Wildman–Crippen MR) is 50.9 cm³/mol. The van der Waals surface area contributed by atoms with Crippen molar-refractivity contribution >= 4 is 0 Å². The second kappa shape index (κ2) is 5.98. The summed E-state index contributed by atoms with van der Waals surface area (Å²) in [5.74, 6) is 0. The Hall–Kier alpha value is -0.600. The van der Waals surface area contributed by atoms with Gasteiger partial charge in [0.25, 0.3) is 0 Å².